The van der Waals surface area contributed by atoms with Gasteiger partial charge in [0.05, 0.1) is 0 Å². The van der Waals surface area contributed by atoms with Gasteiger partial charge in [-0.05, 0) is 18.4 Å². The van der Waals surface area contributed by atoms with Crippen LogP contribution in [0.5, 0.6) is 0 Å². The van der Waals surface area contributed by atoms with E-state index in [0.29, 0.717) is 6.42 Å². The van der Waals surface area contributed by atoms with E-state index in [9.17, 15) is 23.2 Å². The fraction of sp³-hybridized carbons (Fsp3) is 0.476. The standard InChI is InChI=1S/C21H24F2N2O4/c1-4-10-29-21(28)20(13(2)3)24-17(26)11-15-8-9-18(27)25(15)12-14-6-5-7-16(22)19(14)23/h1,5-7,13,15,20H,8-12H2,2-3H3,(H,24,26)/t15-,20-/m0/s1. The van der Waals surface area contributed by atoms with Crippen LogP contribution in [-0.2, 0) is 25.7 Å². The second-order valence-corrected chi connectivity index (χ2v) is 7.23. The third kappa shape index (κ3) is 5.76. The van der Waals surface area contributed by atoms with Crippen molar-refractivity contribution >= 4 is 17.8 Å². The molecule has 1 saturated heterocycles. The molecule has 0 bridgehead atoms. The van der Waals surface area contributed by atoms with Gasteiger partial charge in [-0.3, -0.25) is 9.59 Å². The molecular formula is C21H24F2N2O4. The van der Waals surface area contributed by atoms with Gasteiger partial charge in [-0.15, -0.1) is 6.42 Å². The van der Waals surface area contributed by atoms with Crippen LogP contribution in [0.3, 0.4) is 0 Å². The summed E-state index contributed by atoms with van der Waals surface area (Å²) in [6.45, 7) is 3.18. The van der Waals surface area contributed by atoms with Gasteiger partial charge in [0, 0.05) is 31.0 Å². The van der Waals surface area contributed by atoms with Crippen molar-refractivity contribution < 1.29 is 27.9 Å². The number of rotatable bonds is 8. The van der Waals surface area contributed by atoms with Gasteiger partial charge in [0.25, 0.3) is 0 Å². The summed E-state index contributed by atoms with van der Waals surface area (Å²) in [5, 5.41) is 2.62. The lowest BCUT2D eigenvalue weighted by atomic mass is 10.0. The van der Waals surface area contributed by atoms with E-state index in [1.165, 1.54) is 17.0 Å². The van der Waals surface area contributed by atoms with E-state index in [4.69, 9.17) is 11.2 Å². The third-order valence-corrected chi connectivity index (χ3v) is 4.78. The molecule has 0 radical (unpaired) electrons. The average molecular weight is 406 g/mol. The van der Waals surface area contributed by atoms with Gasteiger partial charge in [0.2, 0.25) is 11.8 Å². The highest BCUT2D eigenvalue weighted by atomic mass is 19.2. The number of carbonyl (C=O) groups is 3. The van der Waals surface area contributed by atoms with Crippen molar-refractivity contribution in [1.82, 2.24) is 10.2 Å². The van der Waals surface area contributed by atoms with Crippen LogP contribution in [0.4, 0.5) is 8.78 Å². The van der Waals surface area contributed by atoms with Crippen molar-refractivity contribution in [3.63, 3.8) is 0 Å². The minimum absolute atomic E-state index is 0.0450. The quantitative estimate of drug-likeness (QED) is 0.530. The highest BCUT2D eigenvalue weighted by Gasteiger charge is 2.34. The van der Waals surface area contributed by atoms with Crippen molar-refractivity contribution in [2.24, 2.45) is 5.92 Å². The van der Waals surface area contributed by atoms with Gasteiger partial charge in [0.15, 0.2) is 18.2 Å². The van der Waals surface area contributed by atoms with E-state index >= 15 is 0 Å². The van der Waals surface area contributed by atoms with Crippen LogP contribution in [0.1, 0.15) is 38.7 Å². The number of amides is 2. The van der Waals surface area contributed by atoms with E-state index in [1.54, 1.807) is 13.8 Å². The molecule has 0 spiro atoms. The summed E-state index contributed by atoms with van der Waals surface area (Å²) in [5.41, 5.74) is 0.0450. The first kappa shape index (κ1) is 22.3. The van der Waals surface area contributed by atoms with Gasteiger partial charge in [0.1, 0.15) is 6.04 Å². The molecule has 1 aromatic rings. The number of esters is 1. The number of likely N-dealkylation sites (tertiary alicyclic amines) is 1. The Kier molecular flexibility index (Phi) is 7.71. The van der Waals surface area contributed by atoms with E-state index in [2.05, 4.69) is 11.2 Å². The smallest absolute Gasteiger partial charge is 0.329 e. The highest BCUT2D eigenvalue weighted by Crippen LogP contribution is 2.25. The molecule has 8 heteroatoms. The number of hydrogen-bond donors (Lipinski definition) is 1. The first-order chi connectivity index (χ1) is 13.7. The molecule has 1 N–H and O–H groups in total. The summed E-state index contributed by atoms with van der Waals surface area (Å²) in [6.07, 6.45) is 5.64. The number of benzene rings is 1. The molecule has 0 aromatic heterocycles. The van der Waals surface area contributed by atoms with E-state index in [1.807, 2.05) is 0 Å². The Morgan fingerprint density at radius 3 is 2.76 bits per heavy atom. The molecule has 2 amide bonds. The third-order valence-electron chi connectivity index (χ3n) is 4.78. The topological polar surface area (TPSA) is 75.7 Å². The Morgan fingerprint density at radius 1 is 1.38 bits per heavy atom. The molecule has 1 heterocycles. The maximum Gasteiger partial charge on any atom is 0.329 e. The first-order valence-corrected chi connectivity index (χ1v) is 9.36. The van der Waals surface area contributed by atoms with Crippen molar-refractivity contribution in [2.45, 2.75) is 51.7 Å². The molecule has 0 unspecified atom stereocenters. The fourth-order valence-electron chi connectivity index (χ4n) is 3.22. The van der Waals surface area contributed by atoms with Crippen molar-refractivity contribution in [3.05, 3.63) is 35.4 Å². The summed E-state index contributed by atoms with van der Waals surface area (Å²) >= 11 is 0. The first-order valence-electron chi connectivity index (χ1n) is 9.36. The number of halogens is 2. The largest absolute Gasteiger partial charge is 0.451 e. The summed E-state index contributed by atoms with van der Waals surface area (Å²) in [7, 11) is 0. The van der Waals surface area contributed by atoms with Crippen LogP contribution in [0.25, 0.3) is 0 Å². The Labute approximate surface area is 168 Å². The monoisotopic (exact) mass is 406 g/mol. The Morgan fingerprint density at radius 2 is 2.10 bits per heavy atom. The van der Waals surface area contributed by atoms with Crippen LogP contribution in [0.2, 0.25) is 0 Å². The SMILES string of the molecule is C#CCOC(=O)[C@@H](NC(=O)C[C@@H]1CCC(=O)N1Cc1cccc(F)c1F)C(C)C. The molecule has 0 saturated carbocycles. The van der Waals surface area contributed by atoms with Crippen LogP contribution in [0, 0.1) is 29.9 Å². The molecule has 1 aliphatic heterocycles. The van der Waals surface area contributed by atoms with Gasteiger partial charge in [-0.1, -0.05) is 31.9 Å². The van der Waals surface area contributed by atoms with E-state index in [0.717, 1.165) is 6.07 Å². The van der Waals surface area contributed by atoms with Gasteiger partial charge in [-0.25, -0.2) is 13.6 Å². The van der Waals surface area contributed by atoms with Crippen LogP contribution in [-0.4, -0.2) is 41.4 Å². The number of hydrogen-bond acceptors (Lipinski definition) is 4. The summed E-state index contributed by atoms with van der Waals surface area (Å²) in [5.74, 6) is -1.35. The molecule has 6 nitrogen and oxygen atoms in total. The average Bonchev–Trinajstić information content (AvgIpc) is 3.00. The van der Waals surface area contributed by atoms with E-state index in [-0.39, 0.29) is 43.4 Å². The van der Waals surface area contributed by atoms with Crippen molar-refractivity contribution in [2.75, 3.05) is 6.61 Å². The number of ether oxygens (including phenoxy) is 1. The lowest BCUT2D eigenvalue weighted by molar-refractivity contribution is -0.148. The Hall–Kier alpha value is -2.95. The predicted octanol–water partition coefficient (Wildman–Crippen LogP) is 2.16. The fourth-order valence-corrected chi connectivity index (χ4v) is 3.22. The predicted molar refractivity (Wildman–Crippen MR) is 101 cm³/mol. The summed E-state index contributed by atoms with van der Waals surface area (Å²) in [6, 6.07) is 2.42. The number of nitrogens with one attached hydrogen (secondary N) is 1. The maximum absolute atomic E-state index is 14.0. The normalized spacial score (nSPS) is 17.2. The zero-order valence-corrected chi connectivity index (χ0v) is 16.4. The van der Waals surface area contributed by atoms with Crippen molar-refractivity contribution in [3.8, 4) is 12.3 Å². The van der Waals surface area contributed by atoms with Gasteiger partial charge < -0.3 is 15.0 Å². The zero-order chi connectivity index (χ0) is 21.6. The molecule has 1 aromatic carbocycles. The minimum Gasteiger partial charge on any atom is -0.451 e. The molecular weight excluding hydrogens is 382 g/mol. The number of carbonyl (C=O) groups excluding carboxylic acids is 3. The molecule has 156 valence electrons. The minimum atomic E-state index is -1.01. The second kappa shape index (κ2) is 10.0. The Balaban J connectivity index is 2.04. The molecule has 2 atom stereocenters. The Bertz CT molecular complexity index is 819. The van der Waals surface area contributed by atoms with Crippen LogP contribution >= 0.6 is 0 Å². The number of terminal acetylenes is 1. The van der Waals surface area contributed by atoms with Crippen LogP contribution < -0.4 is 5.32 Å². The van der Waals surface area contributed by atoms with Gasteiger partial charge in [-0.2, -0.15) is 0 Å². The molecule has 1 fully saturated rings. The lowest BCUT2D eigenvalue weighted by Gasteiger charge is -2.26. The van der Waals surface area contributed by atoms with E-state index < -0.39 is 35.6 Å². The molecule has 0 aliphatic carbocycles. The molecule has 1 aliphatic rings. The lowest BCUT2D eigenvalue weighted by Crippen LogP contribution is -2.47. The van der Waals surface area contributed by atoms with Crippen molar-refractivity contribution in [1.29, 1.82) is 0 Å². The summed E-state index contributed by atoms with van der Waals surface area (Å²) < 4.78 is 32.3. The summed E-state index contributed by atoms with van der Waals surface area (Å²) in [4.78, 5) is 38.1. The molecule has 2 rings (SSSR count). The van der Waals surface area contributed by atoms with Gasteiger partial charge >= 0.3 is 5.97 Å². The number of nitrogens with zero attached hydrogens (tertiary/aromatic N) is 1. The zero-order valence-electron chi connectivity index (χ0n) is 16.4. The molecule has 29 heavy (non-hydrogen) atoms. The van der Waals surface area contributed by atoms with Crippen LogP contribution in [0.15, 0.2) is 18.2 Å². The highest BCUT2D eigenvalue weighted by molar-refractivity contribution is 5.86. The second-order valence-electron chi connectivity index (χ2n) is 7.23. The maximum atomic E-state index is 14.0.